The summed E-state index contributed by atoms with van der Waals surface area (Å²) >= 11 is 0. The number of halogens is 3. The fourth-order valence-corrected chi connectivity index (χ4v) is 2.39. The van der Waals surface area contributed by atoms with E-state index < -0.39 is 11.7 Å². The van der Waals surface area contributed by atoms with E-state index in [-0.39, 0.29) is 17.5 Å². The first-order chi connectivity index (χ1) is 11.2. The molecule has 0 bridgehead atoms. The third kappa shape index (κ3) is 4.50. The Morgan fingerprint density at radius 2 is 1.58 bits per heavy atom. The SMILES string of the molecule is CC(=O)Nc1ccc(-c2ccc(NC(C)C)cc2C(F)(F)F)cc1. The zero-order valence-corrected chi connectivity index (χ0v) is 13.7. The molecule has 2 aromatic carbocycles. The van der Waals surface area contributed by atoms with E-state index in [4.69, 9.17) is 0 Å². The highest BCUT2D eigenvalue weighted by atomic mass is 19.4. The number of anilines is 2. The fraction of sp³-hybridized carbons (Fsp3) is 0.278. The number of benzene rings is 2. The molecule has 0 aromatic heterocycles. The number of carbonyl (C=O) groups excluding carboxylic acids is 1. The van der Waals surface area contributed by atoms with Crippen LogP contribution in [0.1, 0.15) is 26.3 Å². The minimum absolute atomic E-state index is 0.0360. The molecular formula is C18H19F3N2O. The number of carbonyl (C=O) groups is 1. The molecular weight excluding hydrogens is 317 g/mol. The van der Waals surface area contributed by atoms with Crippen LogP contribution in [0.25, 0.3) is 11.1 Å². The fourth-order valence-electron chi connectivity index (χ4n) is 2.39. The van der Waals surface area contributed by atoms with Crippen molar-refractivity contribution in [1.82, 2.24) is 0 Å². The van der Waals surface area contributed by atoms with Gasteiger partial charge in [-0.05, 0) is 49.2 Å². The van der Waals surface area contributed by atoms with Crippen LogP contribution in [0.4, 0.5) is 24.5 Å². The van der Waals surface area contributed by atoms with Gasteiger partial charge in [0.1, 0.15) is 0 Å². The lowest BCUT2D eigenvalue weighted by molar-refractivity contribution is -0.137. The van der Waals surface area contributed by atoms with Crippen molar-refractivity contribution >= 4 is 17.3 Å². The van der Waals surface area contributed by atoms with Crippen molar-refractivity contribution in [3.8, 4) is 11.1 Å². The van der Waals surface area contributed by atoms with E-state index in [9.17, 15) is 18.0 Å². The monoisotopic (exact) mass is 336 g/mol. The summed E-state index contributed by atoms with van der Waals surface area (Å²) in [4.78, 5) is 11.0. The summed E-state index contributed by atoms with van der Waals surface area (Å²) in [7, 11) is 0. The molecule has 1 amide bonds. The smallest absolute Gasteiger partial charge is 0.383 e. The molecule has 0 aliphatic rings. The van der Waals surface area contributed by atoms with Gasteiger partial charge in [-0.1, -0.05) is 18.2 Å². The first kappa shape index (κ1) is 17.8. The van der Waals surface area contributed by atoms with Gasteiger partial charge < -0.3 is 10.6 Å². The Hall–Kier alpha value is -2.50. The van der Waals surface area contributed by atoms with Gasteiger partial charge in [0.15, 0.2) is 0 Å². The lowest BCUT2D eigenvalue weighted by atomic mass is 9.98. The van der Waals surface area contributed by atoms with Crippen molar-refractivity contribution in [2.24, 2.45) is 0 Å². The largest absolute Gasteiger partial charge is 0.417 e. The van der Waals surface area contributed by atoms with E-state index in [1.165, 1.54) is 13.0 Å². The third-order valence-corrected chi connectivity index (χ3v) is 3.30. The van der Waals surface area contributed by atoms with Gasteiger partial charge in [-0.15, -0.1) is 0 Å². The third-order valence-electron chi connectivity index (χ3n) is 3.30. The topological polar surface area (TPSA) is 41.1 Å². The Morgan fingerprint density at radius 3 is 2.08 bits per heavy atom. The molecule has 0 atom stereocenters. The molecule has 2 aromatic rings. The molecule has 0 saturated heterocycles. The number of rotatable bonds is 4. The number of nitrogens with one attached hydrogen (secondary N) is 2. The van der Waals surface area contributed by atoms with Crippen molar-refractivity contribution < 1.29 is 18.0 Å². The molecule has 2 rings (SSSR count). The summed E-state index contributed by atoms with van der Waals surface area (Å²) in [5.41, 5.74) is 0.813. The van der Waals surface area contributed by atoms with Gasteiger partial charge in [0.25, 0.3) is 0 Å². The lowest BCUT2D eigenvalue weighted by Crippen LogP contribution is -2.12. The summed E-state index contributed by atoms with van der Waals surface area (Å²) < 4.78 is 40.3. The highest BCUT2D eigenvalue weighted by molar-refractivity contribution is 5.89. The average molecular weight is 336 g/mol. The van der Waals surface area contributed by atoms with Crippen LogP contribution in [0.15, 0.2) is 42.5 Å². The van der Waals surface area contributed by atoms with E-state index in [2.05, 4.69) is 10.6 Å². The van der Waals surface area contributed by atoms with Crippen LogP contribution >= 0.6 is 0 Å². The zero-order valence-electron chi connectivity index (χ0n) is 13.7. The predicted octanol–water partition coefficient (Wildman–Crippen LogP) is 5.15. The molecule has 0 heterocycles. The summed E-state index contributed by atoms with van der Waals surface area (Å²) in [6, 6.07) is 10.5. The van der Waals surface area contributed by atoms with Crippen molar-refractivity contribution in [3.63, 3.8) is 0 Å². The van der Waals surface area contributed by atoms with Crippen molar-refractivity contribution in [2.75, 3.05) is 10.6 Å². The van der Waals surface area contributed by atoms with Crippen molar-refractivity contribution in [1.29, 1.82) is 0 Å². The summed E-state index contributed by atoms with van der Waals surface area (Å²) in [6.45, 7) is 5.10. The molecule has 0 fully saturated rings. The normalized spacial score (nSPS) is 11.5. The standard InChI is InChI=1S/C18H19F3N2O/c1-11(2)22-15-8-9-16(17(10-15)18(19,20)21)13-4-6-14(7-5-13)23-12(3)24/h4-11,22H,1-3H3,(H,23,24). The molecule has 24 heavy (non-hydrogen) atoms. The van der Waals surface area contributed by atoms with E-state index >= 15 is 0 Å². The van der Waals surface area contributed by atoms with Gasteiger partial charge in [-0.3, -0.25) is 4.79 Å². The molecule has 0 aliphatic carbocycles. The molecule has 6 heteroatoms. The van der Waals surface area contributed by atoms with Crippen LogP contribution in [0.5, 0.6) is 0 Å². The molecule has 0 saturated carbocycles. The Morgan fingerprint density at radius 1 is 1.00 bits per heavy atom. The number of hydrogen-bond acceptors (Lipinski definition) is 2. The van der Waals surface area contributed by atoms with E-state index in [1.807, 2.05) is 13.8 Å². The molecule has 0 aliphatic heterocycles. The molecule has 3 nitrogen and oxygen atoms in total. The predicted molar refractivity (Wildman–Crippen MR) is 89.9 cm³/mol. The van der Waals surface area contributed by atoms with Gasteiger partial charge in [-0.2, -0.15) is 13.2 Å². The summed E-state index contributed by atoms with van der Waals surface area (Å²) in [6.07, 6.45) is -4.46. The van der Waals surface area contributed by atoms with Crippen molar-refractivity contribution in [3.05, 3.63) is 48.0 Å². The lowest BCUT2D eigenvalue weighted by Gasteiger charge is -2.17. The first-order valence-corrected chi connectivity index (χ1v) is 7.52. The van der Waals surface area contributed by atoms with Gasteiger partial charge in [-0.25, -0.2) is 0 Å². The quantitative estimate of drug-likeness (QED) is 0.810. The van der Waals surface area contributed by atoms with Gasteiger partial charge in [0, 0.05) is 24.3 Å². The Balaban J connectivity index is 2.43. The van der Waals surface area contributed by atoms with Crippen LogP contribution in [-0.2, 0) is 11.0 Å². The van der Waals surface area contributed by atoms with E-state index in [0.29, 0.717) is 16.9 Å². The van der Waals surface area contributed by atoms with Gasteiger partial charge >= 0.3 is 6.18 Å². The Bertz CT molecular complexity index is 722. The van der Waals surface area contributed by atoms with E-state index in [1.54, 1.807) is 30.3 Å². The minimum atomic E-state index is -4.46. The molecule has 0 spiro atoms. The second-order valence-corrected chi connectivity index (χ2v) is 5.82. The van der Waals surface area contributed by atoms with Crippen LogP contribution in [0.2, 0.25) is 0 Å². The van der Waals surface area contributed by atoms with Crippen LogP contribution in [0.3, 0.4) is 0 Å². The minimum Gasteiger partial charge on any atom is -0.383 e. The maximum atomic E-state index is 13.4. The number of hydrogen-bond donors (Lipinski definition) is 2. The van der Waals surface area contributed by atoms with Crippen LogP contribution in [0, 0.1) is 0 Å². The number of alkyl halides is 3. The van der Waals surface area contributed by atoms with Crippen molar-refractivity contribution in [2.45, 2.75) is 33.0 Å². The molecule has 128 valence electrons. The summed E-state index contributed by atoms with van der Waals surface area (Å²) in [5, 5.41) is 5.57. The maximum Gasteiger partial charge on any atom is 0.417 e. The molecule has 0 unspecified atom stereocenters. The molecule has 0 radical (unpaired) electrons. The number of amides is 1. The maximum absolute atomic E-state index is 13.4. The zero-order chi connectivity index (χ0) is 17.9. The second-order valence-electron chi connectivity index (χ2n) is 5.82. The van der Waals surface area contributed by atoms with E-state index in [0.717, 1.165) is 6.07 Å². The summed E-state index contributed by atoms with van der Waals surface area (Å²) in [5.74, 6) is -0.233. The second kappa shape index (κ2) is 6.95. The molecule has 2 N–H and O–H groups in total. The average Bonchev–Trinajstić information content (AvgIpc) is 2.46. The Labute approximate surface area is 138 Å². The van der Waals surface area contributed by atoms with Crippen LogP contribution < -0.4 is 10.6 Å². The Kier molecular flexibility index (Phi) is 5.17. The first-order valence-electron chi connectivity index (χ1n) is 7.52. The highest BCUT2D eigenvalue weighted by Crippen LogP contribution is 2.39. The van der Waals surface area contributed by atoms with Gasteiger partial charge in [0.2, 0.25) is 5.91 Å². The highest BCUT2D eigenvalue weighted by Gasteiger charge is 2.34. The van der Waals surface area contributed by atoms with Crippen LogP contribution in [-0.4, -0.2) is 11.9 Å². The van der Waals surface area contributed by atoms with Gasteiger partial charge in [0.05, 0.1) is 5.56 Å².